The Balaban J connectivity index is 0.00000137. The fourth-order valence-corrected chi connectivity index (χ4v) is 3.62. The van der Waals surface area contributed by atoms with Gasteiger partial charge in [0, 0.05) is 12.0 Å². The lowest BCUT2D eigenvalue weighted by Crippen LogP contribution is -2.48. The maximum Gasteiger partial charge on any atom is 0.573 e. The number of carbonyl (C=O) groups excluding carboxylic acids is 3. The van der Waals surface area contributed by atoms with Crippen molar-refractivity contribution < 1.29 is 32.3 Å². The molecule has 2 aromatic rings. The summed E-state index contributed by atoms with van der Waals surface area (Å²) in [5.74, 6) is -1.07. The Hall–Kier alpha value is -3.20. The van der Waals surface area contributed by atoms with Crippen LogP contribution in [0, 0.1) is 0 Å². The van der Waals surface area contributed by atoms with Crippen LogP contribution in [0.25, 0.3) is 0 Å². The van der Waals surface area contributed by atoms with Gasteiger partial charge in [-0.1, -0.05) is 69.2 Å². The van der Waals surface area contributed by atoms with Gasteiger partial charge in [0.2, 0.25) is 0 Å². The fraction of sp³-hybridized carbons (Fsp3) is 0.444. The van der Waals surface area contributed by atoms with E-state index in [1.807, 2.05) is 43.9 Å². The molecule has 1 amide bonds. The third kappa shape index (κ3) is 11.0. The molecule has 1 heterocycles. The minimum absolute atomic E-state index is 0.129. The molecule has 0 bridgehead atoms. The Kier molecular flexibility index (Phi) is 15.7. The topological polar surface area (TPSA) is 75.7 Å². The van der Waals surface area contributed by atoms with Crippen molar-refractivity contribution >= 4 is 19.5 Å². The molecule has 0 saturated carbocycles. The first-order valence-corrected chi connectivity index (χ1v) is 11.7. The second kappa shape index (κ2) is 17.3. The zero-order valence-electron chi connectivity index (χ0n) is 21.3. The number of halogens is 3. The van der Waals surface area contributed by atoms with Gasteiger partial charge in [0.25, 0.3) is 5.91 Å². The first-order valence-electron chi connectivity index (χ1n) is 11.7. The number of amides is 1. The first kappa shape index (κ1) is 32.8. The molecular weight excluding hydrogens is 473 g/mol. The summed E-state index contributed by atoms with van der Waals surface area (Å²) in [7, 11) is 2.05. The molecule has 1 fully saturated rings. The number of carbonyl (C=O) groups is 3. The van der Waals surface area contributed by atoms with Crippen molar-refractivity contribution in [2.45, 2.75) is 51.3 Å². The van der Waals surface area contributed by atoms with E-state index >= 15 is 0 Å². The van der Waals surface area contributed by atoms with E-state index in [1.165, 1.54) is 31.0 Å². The van der Waals surface area contributed by atoms with Gasteiger partial charge in [-0.15, -0.1) is 13.2 Å². The predicted octanol–water partition coefficient (Wildman–Crippen LogP) is 5.42. The lowest BCUT2D eigenvalue weighted by atomic mass is 9.72. The van der Waals surface area contributed by atoms with Gasteiger partial charge >= 0.3 is 6.36 Å². The lowest BCUT2D eigenvalue weighted by Gasteiger charge is -2.41. The minimum atomic E-state index is -4.85. The monoisotopic (exact) mass is 510 g/mol. The van der Waals surface area contributed by atoms with Gasteiger partial charge in [0.15, 0.2) is 0 Å². The predicted molar refractivity (Wildman–Crippen MR) is 135 cm³/mol. The third-order valence-electron chi connectivity index (χ3n) is 5.78. The van der Waals surface area contributed by atoms with Crippen molar-refractivity contribution in [2.75, 3.05) is 26.7 Å². The molecule has 1 N–H and O–H groups in total. The maximum absolute atomic E-state index is 12.7. The summed E-state index contributed by atoms with van der Waals surface area (Å²) in [5, 5.41) is 2.84. The summed E-state index contributed by atoms with van der Waals surface area (Å²) in [5.41, 5.74) is 0.752. The van der Waals surface area contributed by atoms with E-state index in [9.17, 15) is 18.0 Å². The highest BCUT2D eigenvalue weighted by Gasteiger charge is 2.36. The number of hydrogen-bond donors (Lipinski definition) is 1. The number of rotatable bonds is 6. The molecule has 9 heteroatoms. The molecule has 1 saturated heterocycles. The number of likely N-dealkylation sites (tertiary alicyclic amines) is 1. The number of piperidine rings is 1. The second-order valence-electron chi connectivity index (χ2n) is 8.18. The van der Waals surface area contributed by atoms with E-state index in [0.717, 1.165) is 37.6 Å². The van der Waals surface area contributed by atoms with E-state index in [2.05, 4.69) is 35.8 Å². The molecule has 6 nitrogen and oxygen atoms in total. The van der Waals surface area contributed by atoms with Crippen molar-refractivity contribution in [1.82, 2.24) is 10.2 Å². The Labute approximate surface area is 211 Å². The number of nitrogens with one attached hydrogen (secondary N) is 1. The van der Waals surface area contributed by atoms with E-state index in [0.29, 0.717) is 6.54 Å². The van der Waals surface area contributed by atoms with Gasteiger partial charge < -0.3 is 24.5 Å². The van der Waals surface area contributed by atoms with Gasteiger partial charge in [-0.2, -0.15) is 0 Å². The number of hydrogen-bond acceptors (Lipinski definition) is 5. The largest absolute Gasteiger partial charge is 0.573 e. The highest BCUT2D eigenvalue weighted by Crippen LogP contribution is 2.35. The molecule has 3 rings (SSSR count). The van der Waals surface area contributed by atoms with Gasteiger partial charge in [-0.05, 0) is 50.7 Å². The van der Waals surface area contributed by atoms with Crippen LogP contribution in [-0.2, 0) is 15.0 Å². The molecule has 0 radical (unpaired) electrons. The van der Waals surface area contributed by atoms with Gasteiger partial charge in [0.1, 0.15) is 19.3 Å². The molecule has 2 aromatic carbocycles. The normalized spacial score (nSPS) is 14.4. The van der Waals surface area contributed by atoms with Crippen molar-refractivity contribution in [3.8, 4) is 5.75 Å². The summed E-state index contributed by atoms with van der Waals surface area (Å²) in [6.45, 7) is 10.5. The summed E-state index contributed by atoms with van der Waals surface area (Å²) < 4.78 is 41.9. The van der Waals surface area contributed by atoms with Crippen molar-refractivity contribution in [2.24, 2.45) is 0 Å². The molecule has 0 atom stereocenters. The van der Waals surface area contributed by atoms with Gasteiger partial charge in [0.05, 0.1) is 5.56 Å². The molecule has 0 aromatic heterocycles. The number of unbranched alkanes of at least 4 members (excludes halogenated alkanes) is 1. The number of ether oxygens (including phenoxy) is 1. The summed E-state index contributed by atoms with van der Waals surface area (Å²) in [6, 6.07) is 15.3. The van der Waals surface area contributed by atoms with Crippen molar-refractivity contribution in [1.29, 1.82) is 0 Å². The average Bonchev–Trinajstić information content (AvgIpc) is 2.91. The second-order valence-corrected chi connectivity index (χ2v) is 8.18. The van der Waals surface area contributed by atoms with Crippen LogP contribution in [0.2, 0.25) is 0 Å². The molecule has 0 aliphatic carbocycles. The molecule has 1 aliphatic heterocycles. The number of nitrogens with zero attached hydrogens (tertiary/aromatic N) is 1. The summed E-state index contributed by atoms with van der Waals surface area (Å²) in [6.07, 6.45) is -0.501. The Morgan fingerprint density at radius 1 is 0.944 bits per heavy atom. The zero-order valence-corrected chi connectivity index (χ0v) is 21.3. The number of para-hydroxylation sites is 1. The summed E-state index contributed by atoms with van der Waals surface area (Å²) >= 11 is 0. The maximum atomic E-state index is 12.7. The Bertz CT molecular complexity index is 867. The van der Waals surface area contributed by atoms with Crippen LogP contribution in [-0.4, -0.2) is 57.4 Å². The van der Waals surface area contributed by atoms with Crippen LogP contribution in [0.3, 0.4) is 0 Å². The lowest BCUT2D eigenvalue weighted by molar-refractivity contribution is -0.274. The van der Waals surface area contributed by atoms with Gasteiger partial charge in [-0.3, -0.25) is 4.79 Å². The first-order chi connectivity index (χ1) is 17.2. The van der Waals surface area contributed by atoms with E-state index in [1.54, 1.807) is 0 Å². The highest BCUT2D eigenvalue weighted by molar-refractivity contribution is 5.97. The van der Waals surface area contributed by atoms with E-state index in [4.69, 9.17) is 9.59 Å². The third-order valence-corrected chi connectivity index (χ3v) is 5.78. The molecule has 200 valence electrons. The fourth-order valence-electron chi connectivity index (χ4n) is 3.62. The average molecular weight is 511 g/mol. The van der Waals surface area contributed by atoms with Crippen LogP contribution in [0.1, 0.15) is 55.5 Å². The quantitative estimate of drug-likeness (QED) is 0.562. The van der Waals surface area contributed by atoms with Crippen LogP contribution in [0.4, 0.5) is 13.2 Å². The van der Waals surface area contributed by atoms with E-state index in [-0.39, 0.29) is 11.0 Å². The van der Waals surface area contributed by atoms with Crippen molar-refractivity contribution in [3.05, 3.63) is 65.7 Å². The van der Waals surface area contributed by atoms with E-state index < -0.39 is 18.0 Å². The van der Waals surface area contributed by atoms with Gasteiger partial charge in [-0.25, -0.2) is 0 Å². The van der Waals surface area contributed by atoms with Crippen LogP contribution in [0.5, 0.6) is 5.75 Å². The smallest absolute Gasteiger partial charge is 0.405 e. The van der Waals surface area contributed by atoms with Crippen LogP contribution >= 0.6 is 0 Å². The number of alkyl halides is 3. The Morgan fingerprint density at radius 3 is 1.94 bits per heavy atom. The van der Waals surface area contributed by atoms with Crippen LogP contribution < -0.4 is 10.1 Å². The standard InChI is InChI=1S/C21H23F3N2O2.C4H10.2CH2O/c1-26-13-11-20(12-14-26,16-7-3-2-4-8-16)15-25-19(27)17-9-5-6-10-18(17)28-21(22,23)24;1-3-4-2;2*1-2/h2-10H,11-15H2,1H3,(H,25,27);3-4H2,1-2H3;2*1H2. The Morgan fingerprint density at radius 2 is 1.44 bits per heavy atom. The summed E-state index contributed by atoms with van der Waals surface area (Å²) in [4.78, 5) is 30.9. The van der Waals surface area contributed by atoms with Crippen LogP contribution in [0.15, 0.2) is 54.6 Å². The zero-order chi connectivity index (χ0) is 27.6. The minimum Gasteiger partial charge on any atom is -0.405 e. The molecule has 1 aliphatic rings. The highest BCUT2D eigenvalue weighted by atomic mass is 19.4. The molecule has 0 spiro atoms. The van der Waals surface area contributed by atoms with Crippen molar-refractivity contribution in [3.63, 3.8) is 0 Å². The molecule has 36 heavy (non-hydrogen) atoms. The molecule has 0 unspecified atom stereocenters. The molecular formula is C27H37F3N2O4. The number of benzene rings is 2. The SMILES string of the molecule is C=O.C=O.CCCC.CN1CCC(CNC(=O)c2ccccc2OC(F)(F)F)(c2ccccc2)CC1.